The molecule has 0 radical (unpaired) electrons. The first-order valence-corrected chi connectivity index (χ1v) is 10.2. The lowest BCUT2D eigenvalue weighted by Gasteiger charge is -2.25. The molecule has 1 atom stereocenters. The van der Waals surface area contributed by atoms with Crippen LogP contribution in [0.25, 0.3) is 0 Å². The molecule has 0 N–H and O–H groups in total. The van der Waals surface area contributed by atoms with Crippen molar-refractivity contribution in [3.8, 4) is 5.75 Å². The molecular formula is C20H23N3O3S. The van der Waals surface area contributed by atoms with Crippen LogP contribution in [0.2, 0.25) is 0 Å². The lowest BCUT2D eigenvalue weighted by Crippen LogP contribution is -2.32. The van der Waals surface area contributed by atoms with Crippen LogP contribution in [0.3, 0.4) is 0 Å². The molecule has 0 bridgehead atoms. The SMILES string of the molecule is COc1cccc(C2CCCN2C(=O)Cc2csc(N3CCCC3=O)n2)c1. The van der Waals surface area contributed by atoms with E-state index < -0.39 is 0 Å². The van der Waals surface area contributed by atoms with Gasteiger partial charge < -0.3 is 9.64 Å². The molecule has 7 heteroatoms. The Morgan fingerprint density at radius 3 is 3.00 bits per heavy atom. The Bertz CT molecular complexity index is 851. The first kappa shape index (κ1) is 18.0. The van der Waals surface area contributed by atoms with E-state index in [4.69, 9.17) is 4.74 Å². The molecule has 2 amide bonds. The smallest absolute Gasteiger partial charge is 0.229 e. The number of amides is 2. The number of hydrogen-bond acceptors (Lipinski definition) is 5. The summed E-state index contributed by atoms with van der Waals surface area (Å²) in [6.45, 7) is 1.49. The zero-order valence-electron chi connectivity index (χ0n) is 15.4. The van der Waals surface area contributed by atoms with Crippen molar-refractivity contribution in [1.29, 1.82) is 0 Å². The van der Waals surface area contributed by atoms with E-state index in [9.17, 15) is 9.59 Å². The minimum absolute atomic E-state index is 0.0879. The first-order chi connectivity index (χ1) is 13.2. The lowest BCUT2D eigenvalue weighted by molar-refractivity contribution is -0.131. The Hall–Kier alpha value is -2.41. The lowest BCUT2D eigenvalue weighted by atomic mass is 10.0. The number of likely N-dealkylation sites (tertiary alicyclic amines) is 1. The summed E-state index contributed by atoms with van der Waals surface area (Å²) in [6.07, 6.45) is 3.70. The zero-order valence-corrected chi connectivity index (χ0v) is 16.2. The second kappa shape index (κ2) is 7.68. The number of aromatic nitrogens is 1. The highest BCUT2D eigenvalue weighted by Crippen LogP contribution is 2.34. The molecule has 2 aliphatic heterocycles. The predicted molar refractivity (Wildman–Crippen MR) is 104 cm³/mol. The molecule has 2 aromatic rings. The highest BCUT2D eigenvalue weighted by molar-refractivity contribution is 7.14. The second-order valence-electron chi connectivity index (χ2n) is 6.97. The Kier molecular flexibility index (Phi) is 5.11. The van der Waals surface area contributed by atoms with Crippen LogP contribution in [0, 0.1) is 0 Å². The van der Waals surface area contributed by atoms with Crippen molar-refractivity contribution in [1.82, 2.24) is 9.88 Å². The number of benzene rings is 1. The number of methoxy groups -OCH3 is 1. The average molecular weight is 385 g/mol. The minimum atomic E-state index is 0.0879. The van der Waals surface area contributed by atoms with Crippen LogP contribution in [0.1, 0.15) is 43.0 Å². The average Bonchev–Trinajstić information content (AvgIpc) is 3.42. The molecule has 1 aromatic carbocycles. The number of carbonyl (C=O) groups excluding carboxylic acids is 2. The Balaban J connectivity index is 1.46. The molecule has 2 aliphatic rings. The van der Waals surface area contributed by atoms with Crippen LogP contribution in [0.15, 0.2) is 29.6 Å². The van der Waals surface area contributed by atoms with E-state index in [-0.39, 0.29) is 24.3 Å². The minimum Gasteiger partial charge on any atom is -0.497 e. The van der Waals surface area contributed by atoms with E-state index >= 15 is 0 Å². The fourth-order valence-corrected chi connectivity index (χ4v) is 4.74. The second-order valence-corrected chi connectivity index (χ2v) is 7.81. The number of carbonyl (C=O) groups is 2. The number of anilines is 1. The fourth-order valence-electron chi connectivity index (χ4n) is 3.87. The van der Waals surface area contributed by atoms with Gasteiger partial charge in [-0.05, 0) is 37.0 Å². The van der Waals surface area contributed by atoms with Gasteiger partial charge in [-0.25, -0.2) is 4.98 Å². The maximum atomic E-state index is 12.9. The van der Waals surface area contributed by atoms with Crippen molar-refractivity contribution in [2.45, 2.75) is 38.1 Å². The van der Waals surface area contributed by atoms with E-state index in [0.29, 0.717) is 11.6 Å². The molecule has 2 saturated heterocycles. The van der Waals surface area contributed by atoms with E-state index in [1.54, 1.807) is 12.0 Å². The number of thiazole rings is 1. The molecule has 0 spiro atoms. The van der Waals surface area contributed by atoms with Crippen molar-refractivity contribution in [3.63, 3.8) is 0 Å². The van der Waals surface area contributed by atoms with Crippen molar-refractivity contribution in [2.24, 2.45) is 0 Å². The molecule has 6 nitrogen and oxygen atoms in total. The van der Waals surface area contributed by atoms with Crippen LogP contribution < -0.4 is 9.64 Å². The molecule has 3 heterocycles. The molecule has 2 fully saturated rings. The first-order valence-electron chi connectivity index (χ1n) is 9.34. The molecule has 27 heavy (non-hydrogen) atoms. The van der Waals surface area contributed by atoms with Gasteiger partial charge in [0.05, 0.1) is 25.3 Å². The van der Waals surface area contributed by atoms with Gasteiger partial charge in [-0.15, -0.1) is 11.3 Å². The molecular weight excluding hydrogens is 362 g/mol. The molecule has 4 rings (SSSR count). The van der Waals surface area contributed by atoms with Crippen LogP contribution in [0.5, 0.6) is 5.75 Å². The fraction of sp³-hybridized carbons (Fsp3) is 0.450. The van der Waals surface area contributed by atoms with Gasteiger partial charge in [0.25, 0.3) is 0 Å². The summed E-state index contributed by atoms with van der Waals surface area (Å²) in [6, 6.07) is 8.04. The number of nitrogens with zero attached hydrogens (tertiary/aromatic N) is 3. The normalized spacial score (nSPS) is 19.7. The Labute approximate surface area is 162 Å². The van der Waals surface area contributed by atoms with Crippen molar-refractivity contribution in [3.05, 3.63) is 40.9 Å². The van der Waals surface area contributed by atoms with E-state index in [2.05, 4.69) is 11.1 Å². The summed E-state index contributed by atoms with van der Waals surface area (Å²) in [7, 11) is 1.65. The third-order valence-corrected chi connectivity index (χ3v) is 6.14. The van der Waals surface area contributed by atoms with Gasteiger partial charge in [-0.2, -0.15) is 0 Å². The maximum Gasteiger partial charge on any atom is 0.229 e. The van der Waals surface area contributed by atoms with E-state index in [1.165, 1.54) is 11.3 Å². The summed E-state index contributed by atoms with van der Waals surface area (Å²) in [4.78, 5) is 33.0. The van der Waals surface area contributed by atoms with Crippen LogP contribution in [-0.2, 0) is 16.0 Å². The topological polar surface area (TPSA) is 62.7 Å². The van der Waals surface area contributed by atoms with Gasteiger partial charge in [0.15, 0.2) is 5.13 Å². The van der Waals surface area contributed by atoms with Crippen LogP contribution >= 0.6 is 11.3 Å². The van der Waals surface area contributed by atoms with Gasteiger partial charge in [0.1, 0.15) is 5.75 Å². The molecule has 0 aliphatic carbocycles. The standard InChI is InChI=1S/C20H23N3O3S/c1-26-16-6-2-5-14(11-16)17-7-3-9-22(17)19(25)12-15-13-27-20(21-15)23-10-4-8-18(23)24/h2,5-6,11,13,17H,3-4,7-10,12H2,1H3. The van der Waals surface area contributed by atoms with Gasteiger partial charge in [0.2, 0.25) is 11.8 Å². The quantitative estimate of drug-likeness (QED) is 0.793. The summed E-state index contributed by atoms with van der Waals surface area (Å²) in [5, 5.41) is 2.61. The summed E-state index contributed by atoms with van der Waals surface area (Å²) >= 11 is 1.44. The molecule has 0 saturated carbocycles. The highest BCUT2D eigenvalue weighted by Gasteiger charge is 2.31. The van der Waals surface area contributed by atoms with Crippen LogP contribution in [-0.4, -0.2) is 41.9 Å². The Morgan fingerprint density at radius 1 is 1.33 bits per heavy atom. The summed E-state index contributed by atoms with van der Waals surface area (Å²) in [5.74, 6) is 1.02. The molecule has 142 valence electrons. The summed E-state index contributed by atoms with van der Waals surface area (Å²) < 4.78 is 5.32. The molecule has 1 aromatic heterocycles. The maximum absolute atomic E-state index is 12.9. The van der Waals surface area contributed by atoms with Crippen molar-refractivity contribution < 1.29 is 14.3 Å². The van der Waals surface area contributed by atoms with Crippen molar-refractivity contribution in [2.75, 3.05) is 25.1 Å². The van der Waals surface area contributed by atoms with E-state index in [1.807, 2.05) is 28.5 Å². The van der Waals surface area contributed by atoms with E-state index in [0.717, 1.165) is 49.4 Å². The number of hydrogen-bond donors (Lipinski definition) is 0. The Morgan fingerprint density at radius 2 is 2.22 bits per heavy atom. The highest BCUT2D eigenvalue weighted by atomic mass is 32.1. The zero-order chi connectivity index (χ0) is 18.8. The number of ether oxygens (including phenoxy) is 1. The largest absolute Gasteiger partial charge is 0.497 e. The molecule has 1 unspecified atom stereocenters. The predicted octanol–water partition coefficient (Wildman–Crippen LogP) is 3.18. The third-order valence-electron chi connectivity index (χ3n) is 5.23. The van der Waals surface area contributed by atoms with Gasteiger partial charge in [-0.1, -0.05) is 12.1 Å². The van der Waals surface area contributed by atoms with Crippen LogP contribution in [0.4, 0.5) is 5.13 Å². The van der Waals surface area contributed by atoms with Gasteiger partial charge >= 0.3 is 0 Å². The van der Waals surface area contributed by atoms with Gasteiger partial charge in [-0.3, -0.25) is 14.5 Å². The summed E-state index contributed by atoms with van der Waals surface area (Å²) in [5.41, 5.74) is 1.86. The third kappa shape index (κ3) is 3.69. The number of rotatable bonds is 5. The van der Waals surface area contributed by atoms with Gasteiger partial charge in [0, 0.05) is 24.9 Å². The van der Waals surface area contributed by atoms with Crippen molar-refractivity contribution >= 4 is 28.3 Å². The monoisotopic (exact) mass is 385 g/mol.